The van der Waals surface area contributed by atoms with E-state index in [1.807, 2.05) is 12.1 Å². The number of allylic oxidation sites excluding steroid dienone is 1. The van der Waals surface area contributed by atoms with Crippen molar-refractivity contribution in [2.45, 2.75) is 52.4 Å². The molecule has 2 nitrogen and oxygen atoms in total. The van der Waals surface area contributed by atoms with Gasteiger partial charge in [-0.3, -0.25) is 0 Å². The predicted molar refractivity (Wildman–Crippen MR) is 108 cm³/mol. The second kappa shape index (κ2) is 6.19. The van der Waals surface area contributed by atoms with Crippen molar-refractivity contribution in [3.63, 3.8) is 0 Å². The molecule has 0 amide bonds. The average Bonchev–Trinajstić information content (AvgIpc) is 2.88. The highest BCUT2D eigenvalue weighted by Crippen LogP contribution is 2.52. The SMILES string of the molecule is CC1(C)CN2OC(c3ccccc3)=C(/C=C\C#C[Si](C)(C)C)C2(C)C1. The number of hydrogen-bond donors (Lipinski definition) is 0. The smallest absolute Gasteiger partial charge is 0.159 e. The van der Waals surface area contributed by atoms with Crippen LogP contribution >= 0.6 is 0 Å². The maximum Gasteiger partial charge on any atom is 0.159 e. The van der Waals surface area contributed by atoms with Gasteiger partial charge in [-0.05, 0) is 30.9 Å². The number of hydrogen-bond acceptors (Lipinski definition) is 2. The third-order valence-electron chi connectivity index (χ3n) is 4.79. The molecule has 25 heavy (non-hydrogen) atoms. The average molecular weight is 352 g/mol. The molecule has 2 aliphatic rings. The zero-order valence-corrected chi connectivity index (χ0v) is 17.3. The van der Waals surface area contributed by atoms with Crippen molar-refractivity contribution in [1.82, 2.24) is 5.06 Å². The maximum atomic E-state index is 6.34. The molecule has 1 unspecified atom stereocenters. The Bertz CT molecular complexity index is 774. The van der Waals surface area contributed by atoms with Crippen molar-refractivity contribution < 1.29 is 4.84 Å². The normalized spacial score (nSPS) is 25.7. The Kier molecular flexibility index (Phi) is 4.47. The van der Waals surface area contributed by atoms with Gasteiger partial charge >= 0.3 is 0 Å². The number of benzene rings is 1. The zero-order valence-electron chi connectivity index (χ0n) is 16.3. The molecule has 0 aliphatic carbocycles. The van der Waals surface area contributed by atoms with Gasteiger partial charge in [0.25, 0.3) is 0 Å². The van der Waals surface area contributed by atoms with Crippen molar-refractivity contribution in [2.75, 3.05) is 6.54 Å². The van der Waals surface area contributed by atoms with E-state index < -0.39 is 8.07 Å². The molecule has 1 fully saturated rings. The van der Waals surface area contributed by atoms with Crippen LogP contribution in [0.4, 0.5) is 0 Å². The first-order valence-corrected chi connectivity index (χ1v) is 12.6. The fourth-order valence-corrected chi connectivity index (χ4v) is 4.36. The van der Waals surface area contributed by atoms with Crippen molar-refractivity contribution in [3.8, 4) is 11.5 Å². The molecule has 0 saturated carbocycles. The minimum atomic E-state index is -1.35. The molecule has 1 saturated heterocycles. The van der Waals surface area contributed by atoms with Gasteiger partial charge in [-0.25, -0.2) is 0 Å². The van der Waals surface area contributed by atoms with Crippen molar-refractivity contribution >= 4 is 13.8 Å². The van der Waals surface area contributed by atoms with Crippen LogP contribution in [0.1, 0.15) is 32.8 Å². The molecule has 0 spiro atoms. The first kappa shape index (κ1) is 18.0. The maximum absolute atomic E-state index is 6.34. The Morgan fingerprint density at radius 2 is 1.80 bits per heavy atom. The van der Waals surface area contributed by atoms with E-state index in [2.05, 4.69) is 87.3 Å². The second-order valence-electron chi connectivity index (χ2n) is 9.20. The lowest BCUT2D eigenvalue weighted by atomic mass is 9.80. The second-order valence-corrected chi connectivity index (χ2v) is 14.0. The minimum absolute atomic E-state index is 0.0913. The van der Waals surface area contributed by atoms with Gasteiger partial charge < -0.3 is 4.84 Å². The summed E-state index contributed by atoms with van der Waals surface area (Å²) in [4.78, 5) is 6.34. The van der Waals surface area contributed by atoms with Crippen LogP contribution in [0.2, 0.25) is 19.6 Å². The van der Waals surface area contributed by atoms with E-state index in [0.717, 1.165) is 24.3 Å². The molecular formula is C22H29NOSi. The van der Waals surface area contributed by atoms with Crippen LogP contribution in [0.5, 0.6) is 0 Å². The molecule has 132 valence electrons. The number of fused-ring (bicyclic) bond motifs is 1. The van der Waals surface area contributed by atoms with Gasteiger partial charge in [-0.1, -0.05) is 69.7 Å². The van der Waals surface area contributed by atoms with E-state index in [1.54, 1.807) is 0 Å². The fraction of sp³-hybridized carbons (Fsp3) is 0.455. The Hall–Kier alpha value is -1.76. The first-order chi connectivity index (χ1) is 11.6. The highest BCUT2D eigenvalue weighted by atomic mass is 28.3. The van der Waals surface area contributed by atoms with Crippen LogP contribution in [0.25, 0.3) is 5.76 Å². The van der Waals surface area contributed by atoms with Crippen LogP contribution in [0.3, 0.4) is 0 Å². The Morgan fingerprint density at radius 3 is 2.44 bits per heavy atom. The largest absolute Gasteiger partial charge is 0.404 e. The standard InChI is InChI=1S/C22H29NOSi/c1-21(2)16-22(3)19(14-10-11-15-25(4,5)6)20(24-23(22)17-21)18-12-8-7-9-13-18/h7-10,12-14H,16-17H2,1-6H3/b14-10-. The quantitative estimate of drug-likeness (QED) is 0.531. The van der Waals surface area contributed by atoms with Crippen molar-refractivity contribution in [2.24, 2.45) is 5.41 Å². The summed E-state index contributed by atoms with van der Waals surface area (Å²) < 4.78 is 0. The summed E-state index contributed by atoms with van der Waals surface area (Å²) in [5.41, 5.74) is 5.95. The van der Waals surface area contributed by atoms with Gasteiger partial charge in [-0.2, -0.15) is 0 Å². The summed E-state index contributed by atoms with van der Waals surface area (Å²) in [7, 11) is -1.35. The van der Waals surface area contributed by atoms with E-state index in [9.17, 15) is 0 Å². The van der Waals surface area contributed by atoms with Crippen LogP contribution in [0, 0.1) is 16.9 Å². The lowest BCUT2D eigenvalue weighted by Crippen LogP contribution is -2.36. The monoisotopic (exact) mass is 351 g/mol. The summed E-state index contributed by atoms with van der Waals surface area (Å²) in [6.45, 7) is 14.7. The summed E-state index contributed by atoms with van der Waals surface area (Å²) in [6, 6.07) is 10.4. The van der Waals surface area contributed by atoms with E-state index in [4.69, 9.17) is 4.84 Å². The third kappa shape index (κ3) is 3.76. The van der Waals surface area contributed by atoms with E-state index in [1.165, 1.54) is 5.57 Å². The van der Waals surface area contributed by atoms with Crippen molar-refractivity contribution in [3.05, 3.63) is 53.6 Å². The minimum Gasteiger partial charge on any atom is -0.404 e. The summed E-state index contributed by atoms with van der Waals surface area (Å²) >= 11 is 0. The predicted octanol–water partition coefficient (Wildman–Crippen LogP) is 5.27. The lowest BCUT2D eigenvalue weighted by molar-refractivity contribution is -0.105. The van der Waals surface area contributed by atoms with E-state index >= 15 is 0 Å². The molecule has 0 radical (unpaired) electrons. The number of rotatable bonds is 2. The molecule has 1 aromatic rings. The molecule has 2 aliphatic heterocycles. The highest BCUT2D eigenvalue weighted by Gasteiger charge is 2.54. The van der Waals surface area contributed by atoms with Gasteiger partial charge in [0.15, 0.2) is 5.76 Å². The molecule has 0 bridgehead atoms. The fourth-order valence-electron chi connectivity index (χ4n) is 3.84. The number of hydroxylamine groups is 2. The Labute approximate surface area is 153 Å². The molecular weight excluding hydrogens is 322 g/mol. The zero-order chi connectivity index (χ0) is 18.3. The van der Waals surface area contributed by atoms with E-state index in [0.29, 0.717) is 0 Å². The van der Waals surface area contributed by atoms with Crippen LogP contribution in [-0.4, -0.2) is 25.2 Å². The topological polar surface area (TPSA) is 12.5 Å². The van der Waals surface area contributed by atoms with Gasteiger partial charge in [0.05, 0.1) is 5.54 Å². The van der Waals surface area contributed by atoms with Crippen LogP contribution < -0.4 is 0 Å². The number of nitrogens with zero attached hydrogens (tertiary/aromatic N) is 1. The molecule has 3 rings (SSSR count). The first-order valence-electron chi connectivity index (χ1n) is 9.06. The summed E-state index contributed by atoms with van der Waals surface area (Å²) in [5.74, 6) is 4.24. The summed E-state index contributed by atoms with van der Waals surface area (Å²) in [5, 5.41) is 2.17. The molecule has 2 heterocycles. The molecule has 3 heteroatoms. The van der Waals surface area contributed by atoms with Gasteiger partial charge in [0.2, 0.25) is 0 Å². The lowest BCUT2D eigenvalue weighted by Gasteiger charge is -2.26. The Morgan fingerprint density at radius 1 is 1.12 bits per heavy atom. The van der Waals surface area contributed by atoms with Gasteiger partial charge in [-0.15, -0.1) is 10.6 Å². The highest BCUT2D eigenvalue weighted by molar-refractivity contribution is 6.83. The Balaban J connectivity index is 2.02. The van der Waals surface area contributed by atoms with Crippen molar-refractivity contribution in [1.29, 1.82) is 0 Å². The van der Waals surface area contributed by atoms with Crippen LogP contribution in [-0.2, 0) is 4.84 Å². The third-order valence-corrected chi connectivity index (χ3v) is 5.68. The van der Waals surface area contributed by atoms with Crippen LogP contribution in [0.15, 0.2) is 48.1 Å². The summed E-state index contributed by atoms with van der Waals surface area (Å²) in [6.07, 6.45) is 5.27. The van der Waals surface area contributed by atoms with E-state index in [-0.39, 0.29) is 11.0 Å². The van der Waals surface area contributed by atoms with Gasteiger partial charge in [0.1, 0.15) is 8.07 Å². The molecule has 1 atom stereocenters. The van der Waals surface area contributed by atoms with Gasteiger partial charge in [0, 0.05) is 17.7 Å². The molecule has 1 aromatic carbocycles. The molecule has 0 N–H and O–H groups in total. The molecule has 0 aromatic heterocycles.